The van der Waals surface area contributed by atoms with Crippen LogP contribution in [0.2, 0.25) is 0 Å². The zero-order valence-corrected chi connectivity index (χ0v) is 40.4. The van der Waals surface area contributed by atoms with Gasteiger partial charge in [0.25, 0.3) is 0 Å². The molecule has 0 aliphatic carbocycles. The van der Waals surface area contributed by atoms with Crippen molar-refractivity contribution < 1.29 is 32.9 Å². The molecule has 0 saturated heterocycles. The maximum absolute atomic E-state index is 12.9. The van der Waals surface area contributed by atoms with Gasteiger partial charge in [-0.25, -0.2) is 4.57 Å². The van der Waals surface area contributed by atoms with Gasteiger partial charge in [0, 0.05) is 6.42 Å². The largest absolute Gasteiger partial charge is 0.472 e. The molecule has 59 heavy (non-hydrogen) atoms. The molecule has 8 nitrogen and oxygen atoms in total. The first-order valence-electron chi connectivity index (χ1n) is 24.9. The van der Waals surface area contributed by atoms with Gasteiger partial charge in [0.2, 0.25) is 5.91 Å². The minimum absolute atomic E-state index is 0.0561. The van der Waals surface area contributed by atoms with Crippen LogP contribution in [0.5, 0.6) is 0 Å². The van der Waals surface area contributed by atoms with E-state index < -0.39 is 20.0 Å². The Bertz CT molecular complexity index is 1060. The molecule has 3 atom stereocenters. The molecule has 9 heteroatoms. The highest BCUT2D eigenvalue weighted by Crippen LogP contribution is 2.43. The Morgan fingerprint density at radius 2 is 0.932 bits per heavy atom. The zero-order valence-electron chi connectivity index (χ0n) is 39.5. The van der Waals surface area contributed by atoms with E-state index in [0.717, 1.165) is 38.5 Å². The van der Waals surface area contributed by atoms with Crippen molar-refractivity contribution in [2.45, 2.75) is 238 Å². The van der Waals surface area contributed by atoms with E-state index in [-0.39, 0.29) is 19.1 Å². The molecule has 0 rings (SSSR count). The van der Waals surface area contributed by atoms with E-state index in [1.54, 1.807) is 6.08 Å². The Labute approximate surface area is 366 Å². The van der Waals surface area contributed by atoms with Gasteiger partial charge in [0.1, 0.15) is 13.2 Å². The number of unbranched alkanes of at least 4 members (excludes halogenated alkanes) is 28. The van der Waals surface area contributed by atoms with Crippen molar-refractivity contribution >= 4 is 13.7 Å². The first-order chi connectivity index (χ1) is 28.5. The van der Waals surface area contributed by atoms with E-state index in [4.69, 9.17) is 9.05 Å². The van der Waals surface area contributed by atoms with Gasteiger partial charge < -0.3 is 19.8 Å². The molecule has 0 radical (unpaired) electrons. The van der Waals surface area contributed by atoms with Gasteiger partial charge in [-0.15, -0.1) is 0 Å². The Balaban J connectivity index is 4.35. The van der Waals surface area contributed by atoms with Gasteiger partial charge in [-0.1, -0.05) is 198 Å². The van der Waals surface area contributed by atoms with Crippen LogP contribution in [-0.4, -0.2) is 73.4 Å². The number of hydrogen-bond donors (Lipinski definition) is 3. The Hall–Kier alpha value is -1.28. The number of nitrogens with one attached hydrogen (secondary N) is 1. The zero-order chi connectivity index (χ0) is 43.6. The summed E-state index contributed by atoms with van der Waals surface area (Å²) in [5, 5.41) is 13.8. The normalized spacial score (nSPS) is 14.5. The SMILES string of the molecule is CCCCCCCCCC/C=C\CCCCCCCCCCCC(=O)NC(COP(=O)(O)OCC[N+](C)(C)C)C(O)/C=C/CC/C=C/CCCCCCCCCCCC. The monoisotopic (exact) mass is 854 g/mol. The van der Waals surface area contributed by atoms with Gasteiger partial charge >= 0.3 is 7.82 Å². The number of quaternary nitrogens is 1. The number of allylic oxidation sites excluding steroid dienone is 5. The van der Waals surface area contributed by atoms with E-state index in [1.807, 2.05) is 27.2 Å². The van der Waals surface area contributed by atoms with Gasteiger partial charge in [0.15, 0.2) is 0 Å². The van der Waals surface area contributed by atoms with Crippen LogP contribution in [0.3, 0.4) is 0 Å². The van der Waals surface area contributed by atoms with Crippen LogP contribution in [0, 0.1) is 0 Å². The molecule has 0 spiro atoms. The van der Waals surface area contributed by atoms with Crippen molar-refractivity contribution in [1.29, 1.82) is 0 Å². The number of aliphatic hydroxyl groups excluding tert-OH is 1. The van der Waals surface area contributed by atoms with Crippen LogP contribution >= 0.6 is 7.82 Å². The van der Waals surface area contributed by atoms with Gasteiger partial charge in [-0.05, 0) is 57.8 Å². The fraction of sp³-hybridized carbons (Fsp3) is 0.860. The van der Waals surface area contributed by atoms with Gasteiger partial charge in [-0.2, -0.15) is 0 Å². The highest BCUT2D eigenvalue weighted by Gasteiger charge is 2.27. The van der Waals surface area contributed by atoms with Crippen molar-refractivity contribution in [3.63, 3.8) is 0 Å². The summed E-state index contributed by atoms with van der Waals surface area (Å²) < 4.78 is 23.6. The molecule has 3 unspecified atom stereocenters. The lowest BCUT2D eigenvalue weighted by Crippen LogP contribution is -2.45. The molecule has 0 aromatic heterocycles. The number of phosphoric ester groups is 1. The van der Waals surface area contributed by atoms with Crippen LogP contribution in [0.4, 0.5) is 0 Å². The maximum Gasteiger partial charge on any atom is 0.472 e. The van der Waals surface area contributed by atoms with Crippen molar-refractivity contribution in [2.24, 2.45) is 0 Å². The van der Waals surface area contributed by atoms with Crippen molar-refractivity contribution in [1.82, 2.24) is 5.32 Å². The summed E-state index contributed by atoms with van der Waals surface area (Å²) >= 11 is 0. The number of amides is 1. The number of carbonyl (C=O) groups excluding carboxylic acids is 1. The third-order valence-corrected chi connectivity index (χ3v) is 12.1. The smallest absolute Gasteiger partial charge is 0.387 e. The predicted molar refractivity (Wildman–Crippen MR) is 254 cm³/mol. The first kappa shape index (κ1) is 57.7. The lowest BCUT2D eigenvalue weighted by atomic mass is 10.0. The average molecular weight is 854 g/mol. The van der Waals surface area contributed by atoms with E-state index in [2.05, 4.69) is 43.5 Å². The van der Waals surface area contributed by atoms with Crippen LogP contribution < -0.4 is 5.32 Å². The van der Waals surface area contributed by atoms with Crippen molar-refractivity contribution in [3.05, 3.63) is 36.5 Å². The summed E-state index contributed by atoms with van der Waals surface area (Å²) in [4.78, 5) is 23.2. The maximum atomic E-state index is 12.9. The fourth-order valence-corrected chi connectivity index (χ4v) is 7.85. The summed E-state index contributed by atoms with van der Waals surface area (Å²) in [5.41, 5.74) is 0. The second kappa shape index (κ2) is 42.0. The number of nitrogens with zero attached hydrogens (tertiary/aromatic N) is 1. The fourth-order valence-electron chi connectivity index (χ4n) is 7.11. The van der Waals surface area contributed by atoms with E-state index >= 15 is 0 Å². The van der Waals surface area contributed by atoms with Gasteiger partial charge in [0.05, 0.1) is 39.9 Å². The number of phosphoric acid groups is 1. The summed E-state index contributed by atoms with van der Waals surface area (Å²) in [7, 11) is 1.56. The standard InChI is InChI=1S/C50H97N2O6P/c1-6-8-10-12-14-16-18-20-22-24-25-26-27-28-30-32-34-36-38-40-42-44-50(54)51-48(47-58-59(55,56)57-46-45-52(3,4)5)49(53)43-41-39-37-35-33-31-29-23-21-19-17-15-13-11-9-7-2/h24-25,33,35,41,43,48-49,53H,6-23,26-32,34,36-40,42,44-47H2,1-5H3,(H-,51,54,55,56)/p+1/b25-24-,35-33+,43-41+. The first-order valence-corrected chi connectivity index (χ1v) is 26.4. The number of carbonyl (C=O) groups is 1. The molecule has 0 heterocycles. The molecule has 0 bridgehead atoms. The molecule has 0 aliphatic rings. The average Bonchev–Trinajstić information content (AvgIpc) is 3.19. The second-order valence-electron chi connectivity index (χ2n) is 18.2. The number of hydrogen-bond acceptors (Lipinski definition) is 5. The van der Waals surface area contributed by atoms with Crippen LogP contribution in [-0.2, 0) is 18.4 Å². The quantitative estimate of drug-likeness (QED) is 0.0244. The molecular formula is C50H98N2O6P+. The minimum Gasteiger partial charge on any atom is -0.387 e. The highest BCUT2D eigenvalue weighted by molar-refractivity contribution is 7.47. The molecule has 0 saturated carbocycles. The molecule has 0 aromatic rings. The molecule has 348 valence electrons. The van der Waals surface area contributed by atoms with Gasteiger partial charge in [-0.3, -0.25) is 13.8 Å². The Morgan fingerprint density at radius 1 is 0.559 bits per heavy atom. The third-order valence-electron chi connectivity index (χ3n) is 11.1. The summed E-state index contributed by atoms with van der Waals surface area (Å²) in [5.74, 6) is -0.188. The summed E-state index contributed by atoms with van der Waals surface area (Å²) in [6, 6.07) is -0.862. The topological polar surface area (TPSA) is 105 Å². The van der Waals surface area contributed by atoms with Crippen molar-refractivity contribution in [2.75, 3.05) is 40.9 Å². The lowest BCUT2D eigenvalue weighted by molar-refractivity contribution is -0.870. The number of rotatable bonds is 45. The Kier molecular flexibility index (Phi) is 41.1. The van der Waals surface area contributed by atoms with E-state index in [9.17, 15) is 19.4 Å². The lowest BCUT2D eigenvalue weighted by Gasteiger charge is -2.25. The highest BCUT2D eigenvalue weighted by atomic mass is 31.2. The summed E-state index contributed by atoms with van der Waals surface area (Å²) in [6.45, 7) is 4.80. The summed E-state index contributed by atoms with van der Waals surface area (Å²) in [6.07, 6.45) is 52.2. The molecule has 0 aromatic carbocycles. The van der Waals surface area contributed by atoms with Crippen molar-refractivity contribution in [3.8, 4) is 0 Å². The molecule has 0 fully saturated rings. The van der Waals surface area contributed by atoms with E-state index in [1.165, 1.54) is 167 Å². The molecule has 0 aliphatic heterocycles. The Morgan fingerprint density at radius 3 is 1.36 bits per heavy atom. The second-order valence-corrected chi connectivity index (χ2v) is 19.6. The van der Waals surface area contributed by atoms with Crippen LogP contribution in [0.1, 0.15) is 226 Å². The predicted octanol–water partition coefficient (Wildman–Crippen LogP) is 14.3. The molecule has 1 amide bonds. The molecule has 3 N–H and O–H groups in total. The number of aliphatic hydroxyl groups is 1. The minimum atomic E-state index is -4.35. The number of likely N-dealkylation sites (N-methyl/N-ethyl adjacent to an activating group) is 1. The third kappa shape index (κ3) is 44.6. The molecular weight excluding hydrogens is 756 g/mol. The van der Waals surface area contributed by atoms with Crippen LogP contribution in [0.15, 0.2) is 36.5 Å². The van der Waals surface area contributed by atoms with E-state index in [0.29, 0.717) is 17.4 Å². The van der Waals surface area contributed by atoms with Crippen LogP contribution in [0.25, 0.3) is 0 Å².